The first-order valence-electron chi connectivity index (χ1n) is 8.86. The molecule has 118 valence electrons. The van der Waals surface area contributed by atoms with Crippen LogP contribution in [0.4, 0.5) is 0 Å². The van der Waals surface area contributed by atoms with Crippen molar-refractivity contribution in [2.45, 2.75) is 64.2 Å². The van der Waals surface area contributed by atoms with Crippen LogP contribution in [0, 0.1) is 5.92 Å². The van der Waals surface area contributed by atoms with E-state index in [1.54, 1.807) is 0 Å². The number of carbonyl (C=O) groups is 1. The highest BCUT2D eigenvalue weighted by atomic mass is 16.2. The van der Waals surface area contributed by atoms with Crippen molar-refractivity contribution >= 4 is 5.91 Å². The van der Waals surface area contributed by atoms with E-state index in [9.17, 15) is 4.79 Å². The molecule has 3 aliphatic rings. The predicted molar refractivity (Wildman–Crippen MR) is 87.6 cm³/mol. The lowest BCUT2D eigenvalue weighted by atomic mass is 9.93. The first-order chi connectivity index (χ1) is 10.7. The summed E-state index contributed by atoms with van der Waals surface area (Å²) < 4.78 is 0. The number of hydrogen-bond acceptors (Lipinski definition) is 2. The molecule has 1 amide bonds. The van der Waals surface area contributed by atoms with Gasteiger partial charge in [-0.15, -0.1) is 0 Å². The predicted octanol–water partition coefficient (Wildman–Crippen LogP) is 3.81. The Morgan fingerprint density at radius 3 is 2.55 bits per heavy atom. The lowest BCUT2D eigenvalue weighted by molar-refractivity contribution is 0.0531. The van der Waals surface area contributed by atoms with Gasteiger partial charge in [-0.05, 0) is 24.8 Å². The van der Waals surface area contributed by atoms with Gasteiger partial charge in [-0.2, -0.15) is 0 Å². The van der Waals surface area contributed by atoms with E-state index in [4.69, 9.17) is 0 Å². The molecule has 0 N–H and O–H groups in total. The van der Waals surface area contributed by atoms with Crippen LogP contribution in [0.25, 0.3) is 0 Å². The van der Waals surface area contributed by atoms with Crippen molar-refractivity contribution in [1.29, 1.82) is 0 Å². The van der Waals surface area contributed by atoms with Gasteiger partial charge in [0.05, 0.1) is 0 Å². The van der Waals surface area contributed by atoms with Gasteiger partial charge >= 0.3 is 0 Å². The van der Waals surface area contributed by atoms with Gasteiger partial charge in [0.25, 0.3) is 5.91 Å². The van der Waals surface area contributed by atoms with Crippen molar-refractivity contribution in [2.24, 2.45) is 5.92 Å². The molecule has 2 heterocycles. The number of carbonyl (C=O) groups excluding carboxylic acids is 1. The number of benzene rings is 1. The summed E-state index contributed by atoms with van der Waals surface area (Å²) >= 11 is 0. The third kappa shape index (κ3) is 2.02. The normalized spacial score (nSPS) is 29.2. The fraction of sp³-hybridized carbons (Fsp3) is 0.632. The summed E-state index contributed by atoms with van der Waals surface area (Å²) in [5.41, 5.74) is 2.17. The van der Waals surface area contributed by atoms with Gasteiger partial charge in [0.2, 0.25) is 0 Å². The molecule has 3 heteroatoms. The summed E-state index contributed by atoms with van der Waals surface area (Å²) in [6.07, 6.45) is 6.85. The number of rotatable bonds is 2. The zero-order chi connectivity index (χ0) is 15.3. The number of fused-ring (bicyclic) bond motifs is 3. The maximum atomic E-state index is 12.9. The van der Waals surface area contributed by atoms with Crippen LogP contribution >= 0.6 is 0 Å². The van der Waals surface area contributed by atoms with Crippen LogP contribution in [-0.2, 0) is 0 Å². The van der Waals surface area contributed by atoms with Crippen molar-refractivity contribution in [1.82, 2.24) is 9.80 Å². The molecule has 2 aliphatic heterocycles. The average molecular weight is 298 g/mol. The van der Waals surface area contributed by atoms with E-state index in [1.807, 2.05) is 12.1 Å². The molecule has 22 heavy (non-hydrogen) atoms. The van der Waals surface area contributed by atoms with E-state index in [0.29, 0.717) is 18.0 Å². The molecule has 4 rings (SSSR count). The van der Waals surface area contributed by atoms with Crippen LogP contribution in [0.15, 0.2) is 24.3 Å². The summed E-state index contributed by atoms with van der Waals surface area (Å²) in [6, 6.07) is 9.25. The molecule has 1 aromatic rings. The minimum absolute atomic E-state index is 0.194. The van der Waals surface area contributed by atoms with E-state index in [2.05, 4.69) is 35.8 Å². The standard InChI is InChI=1S/C19H26N2O/c1-13(2)17-12-20(14-8-4-3-5-9-14)18-15-10-6-7-11-16(15)19(22)21(17)18/h6-7,10-11,13-14,17-18H,3-5,8-9,12H2,1-2H3. The molecule has 0 aromatic heterocycles. The molecule has 1 saturated heterocycles. The fourth-order valence-corrected chi connectivity index (χ4v) is 4.68. The Balaban J connectivity index is 1.73. The monoisotopic (exact) mass is 298 g/mol. The Morgan fingerprint density at radius 2 is 1.82 bits per heavy atom. The highest BCUT2D eigenvalue weighted by molar-refractivity contribution is 5.99. The average Bonchev–Trinajstić information content (AvgIpc) is 3.07. The minimum Gasteiger partial charge on any atom is -0.314 e. The molecule has 0 bridgehead atoms. The quantitative estimate of drug-likeness (QED) is 0.829. The molecule has 2 fully saturated rings. The highest BCUT2D eigenvalue weighted by Gasteiger charge is 2.51. The first kappa shape index (κ1) is 14.3. The third-order valence-corrected chi connectivity index (χ3v) is 5.85. The topological polar surface area (TPSA) is 23.6 Å². The van der Waals surface area contributed by atoms with Gasteiger partial charge in [-0.1, -0.05) is 51.3 Å². The van der Waals surface area contributed by atoms with Crippen molar-refractivity contribution in [2.75, 3.05) is 6.54 Å². The third-order valence-electron chi connectivity index (χ3n) is 5.85. The van der Waals surface area contributed by atoms with E-state index in [1.165, 1.54) is 37.7 Å². The van der Waals surface area contributed by atoms with Gasteiger partial charge < -0.3 is 4.90 Å². The smallest absolute Gasteiger partial charge is 0.256 e. The van der Waals surface area contributed by atoms with Gasteiger partial charge in [-0.25, -0.2) is 0 Å². The Hall–Kier alpha value is -1.35. The Labute approximate surface area is 133 Å². The van der Waals surface area contributed by atoms with Crippen molar-refractivity contribution in [3.63, 3.8) is 0 Å². The molecule has 1 aliphatic carbocycles. The summed E-state index contributed by atoms with van der Waals surface area (Å²) in [5, 5.41) is 0. The van der Waals surface area contributed by atoms with Crippen LogP contribution in [0.3, 0.4) is 0 Å². The van der Waals surface area contributed by atoms with Gasteiger partial charge in [0, 0.05) is 29.8 Å². The molecule has 1 saturated carbocycles. The summed E-state index contributed by atoms with van der Waals surface area (Å²) in [4.78, 5) is 17.8. The van der Waals surface area contributed by atoms with Gasteiger partial charge in [0.1, 0.15) is 6.17 Å². The van der Waals surface area contributed by atoms with Crippen molar-refractivity contribution < 1.29 is 4.79 Å². The van der Waals surface area contributed by atoms with Gasteiger partial charge in [-0.3, -0.25) is 9.69 Å². The molecule has 3 nitrogen and oxygen atoms in total. The van der Waals surface area contributed by atoms with Crippen LogP contribution in [0.2, 0.25) is 0 Å². The number of nitrogens with zero attached hydrogens (tertiary/aromatic N) is 2. The molecular weight excluding hydrogens is 272 g/mol. The lowest BCUT2D eigenvalue weighted by Gasteiger charge is -2.35. The zero-order valence-electron chi connectivity index (χ0n) is 13.7. The number of amides is 1. The second-order valence-corrected chi connectivity index (χ2v) is 7.47. The molecular formula is C19H26N2O. The molecule has 1 aromatic carbocycles. The number of hydrogen-bond donors (Lipinski definition) is 0. The highest BCUT2D eigenvalue weighted by Crippen LogP contribution is 2.46. The van der Waals surface area contributed by atoms with Crippen molar-refractivity contribution in [3.8, 4) is 0 Å². The summed E-state index contributed by atoms with van der Waals surface area (Å²) in [7, 11) is 0. The summed E-state index contributed by atoms with van der Waals surface area (Å²) in [5.74, 6) is 0.756. The Morgan fingerprint density at radius 1 is 1.09 bits per heavy atom. The maximum Gasteiger partial charge on any atom is 0.256 e. The van der Waals surface area contributed by atoms with E-state index in [-0.39, 0.29) is 12.1 Å². The first-order valence-corrected chi connectivity index (χ1v) is 8.86. The molecule has 2 unspecified atom stereocenters. The van der Waals surface area contributed by atoms with Crippen LogP contribution in [-0.4, -0.2) is 34.3 Å². The summed E-state index contributed by atoms with van der Waals surface area (Å²) in [6.45, 7) is 5.55. The van der Waals surface area contributed by atoms with E-state index in [0.717, 1.165) is 12.1 Å². The lowest BCUT2D eigenvalue weighted by Crippen LogP contribution is -2.37. The SMILES string of the molecule is CC(C)C1CN(C2CCCCC2)C2c3ccccc3C(=O)N12. The van der Waals surface area contributed by atoms with E-state index < -0.39 is 0 Å². The molecule has 0 radical (unpaired) electrons. The van der Waals surface area contributed by atoms with Gasteiger partial charge in [0.15, 0.2) is 0 Å². The Kier molecular flexibility index (Phi) is 3.48. The zero-order valence-corrected chi connectivity index (χ0v) is 13.7. The van der Waals surface area contributed by atoms with E-state index >= 15 is 0 Å². The van der Waals surface area contributed by atoms with Crippen LogP contribution in [0.5, 0.6) is 0 Å². The molecule has 0 spiro atoms. The molecule has 2 atom stereocenters. The van der Waals surface area contributed by atoms with Crippen LogP contribution < -0.4 is 0 Å². The Bertz CT molecular complexity index is 577. The van der Waals surface area contributed by atoms with Crippen LogP contribution in [0.1, 0.15) is 68.0 Å². The largest absolute Gasteiger partial charge is 0.314 e. The maximum absolute atomic E-state index is 12.9. The van der Waals surface area contributed by atoms with Crippen molar-refractivity contribution in [3.05, 3.63) is 35.4 Å². The minimum atomic E-state index is 0.194. The second-order valence-electron chi connectivity index (χ2n) is 7.47. The second kappa shape index (κ2) is 5.38. The fourth-order valence-electron chi connectivity index (χ4n) is 4.68.